The second-order valence-corrected chi connectivity index (χ2v) is 15.0. The summed E-state index contributed by atoms with van der Waals surface area (Å²) >= 11 is 0. The first kappa shape index (κ1) is 36.3. The minimum absolute atomic E-state index is 0. The van der Waals surface area contributed by atoms with Crippen LogP contribution in [0.5, 0.6) is 11.5 Å². The van der Waals surface area contributed by atoms with Crippen molar-refractivity contribution in [3.63, 3.8) is 0 Å². The molecule has 0 amide bonds. The molecule has 4 aromatic carbocycles. The summed E-state index contributed by atoms with van der Waals surface area (Å²) in [5, 5.41) is 7.23. The molecule has 51 heavy (non-hydrogen) atoms. The average molecular weight is 854 g/mol. The summed E-state index contributed by atoms with van der Waals surface area (Å²) in [6, 6.07) is 38.8. The van der Waals surface area contributed by atoms with Crippen LogP contribution in [-0.2, 0) is 27.5 Å². The predicted octanol–water partition coefficient (Wildman–Crippen LogP) is 11.9. The van der Waals surface area contributed by atoms with Crippen molar-refractivity contribution in [3.8, 4) is 34.1 Å². The van der Waals surface area contributed by atoms with Crippen LogP contribution in [0.25, 0.3) is 44.4 Å². The van der Waals surface area contributed by atoms with E-state index >= 15 is 0 Å². The number of ether oxygens (including phenoxy) is 1. The molecule has 5 nitrogen and oxygen atoms in total. The van der Waals surface area contributed by atoms with E-state index in [0.717, 1.165) is 56.9 Å². The average Bonchev–Trinajstić information content (AvgIpc) is 3.58. The normalized spacial score (nSPS) is 11.8. The maximum absolute atomic E-state index is 6.49. The third-order valence-corrected chi connectivity index (χ3v) is 9.58. The molecule has 7 aromatic rings. The minimum Gasteiger partial charge on any atom is -0.509 e. The molecule has 262 valence electrons. The van der Waals surface area contributed by atoms with E-state index in [0.29, 0.717) is 22.8 Å². The second-order valence-electron chi connectivity index (χ2n) is 15.0. The molecule has 0 aliphatic carbocycles. The van der Waals surface area contributed by atoms with Gasteiger partial charge in [0, 0.05) is 34.5 Å². The van der Waals surface area contributed by atoms with Crippen LogP contribution in [0.1, 0.15) is 82.3 Å². The van der Waals surface area contributed by atoms with Crippen molar-refractivity contribution in [1.82, 2.24) is 19.3 Å². The van der Waals surface area contributed by atoms with Gasteiger partial charge in [-0.3, -0.25) is 4.68 Å². The molecule has 0 spiro atoms. The fraction of sp³-hybridized carbons (Fsp3) is 0.289. The first-order chi connectivity index (χ1) is 24.1. The van der Waals surface area contributed by atoms with E-state index in [4.69, 9.17) is 14.8 Å². The fourth-order valence-electron chi connectivity index (χ4n) is 6.96. The molecular weight excluding hydrogens is 808 g/mol. The number of aromatic nitrogens is 4. The Hall–Kier alpha value is -4.47. The van der Waals surface area contributed by atoms with Gasteiger partial charge in [0.1, 0.15) is 5.82 Å². The molecule has 0 radical (unpaired) electrons. The molecule has 0 atom stereocenters. The van der Waals surface area contributed by atoms with Crippen molar-refractivity contribution >= 4 is 21.8 Å². The van der Waals surface area contributed by atoms with Gasteiger partial charge in [-0.1, -0.05) is 89.0 Å². The molecule has 0 N–H and O–H groups in total. The first-order valence-corrected chi connectivity index (χ1v) is 17.8. The van der Waals surface area contributed by atoms with Crippen LogP contribution >= 0.6 is 0 Å². The molecule has 3 aromatic heterocycles. The van der Waals surface area contributed by atoms with E-state index in [9.17, 15) is 0 Å². The number of benzene rings is 4. The Morgan fingerprint density at radius 1 is 0.804 bits per heavy atom. The minimum atomic E-state index is 0. The zero-order valence-electron chi connectivity index (χ0n) is 30.7. The van der Waals surface area contributed by atoms with Crippen LogP contribution in [0, 0.1) is 31.4 Å². The van der Waals surface area contributed by atoms with Gasteiger partial charge in [0.2, 0.25) is 0 Å². The van der Waals surface area contributed by atoms with Crippen LogP contribution in [0.4, 0.5) is 0 Å². The molecule has 0 fully saturated rings. The van der Waals surface area contributed by atoms with E-state index in [2.05, 4.69) is 126 Å². The molecule has 7 rings (SSSR count). The summed E-state index contributed by atoms with van der Waals surface area (Å²) in [7, 11) is 0. The number of fused-ring (bicyclic) bond motifs is 3. The Kier molecular flexibility index (Phi) is 10.7. The van der Waals surface area contributed by atoms with Crippen LogP contribution in [-0.4, -0.2) is 19.3 Å². The van der Waals surface area contributed by atoms with E-state index in [1.807, 2.05) is 41.2 Å². The van der Waals surface area contributed by atoms with Crippen LogP contribution < -0.4 is 4.74 Å². The zero-order valence-corrected chi connectivity index (χ0v) is 32.9. The van der Waals surface area contributed by atoms with Gasteiger partial charge in [-0.05, 0) is 90.4 Å². The molecule has 0 saturated heterocycles. The molecule has 0 saturated carbocycles. The number of rotatable bonds is 10. The van der Waals surface area contributed by atoms with Crippen LogP contribution in [0.2, 0.25) is 0 Å². The maximum Gasteiger partial charge on any atom is 2.00 e. The Morgan fingerprint density at radius 3 is 2.35 bits per heavy atom. The first-order valence-electron chi connectivity index (χ1n) is 17.8. The van der Waals surface area contributed by atoms with Gasteiger partial charge < -0.3 is 9.30 Å². The molecule has 0 bridgehead atoms. The summed E-state index contributed by atoms with van der Waals surface area (Å²) in [5.74, 6) is 2.50. The number of nitrogens with zero attached hydrogens (tertiary/aromatic N) is 4. The van der Waals surface area contributed by atoms with Crippen molar-refractivity contribution in [2.75, 3.05) is 0 Å². The van der Waals surface area contributed by atoms with E-state index in [-0.39, 0.29) is 21.1 Å². The van der Waals surface area contributed by atoms with Crippen LogP contribution in [0.15, 0.2) is 97.2 Å². The molecular formula is C45H46N4OPt. The summed E-state index contributed by atoms with van der Waals surface area (Å²) in [5.41, 5.74) is 10.2. The zero-order chi connectivity index (χ0) is 35.0. The number of hydrogen-bond acceptors (Lipinski definition) is 3. The van der Waals surface area contributed by atoms with E-state index < -0.39 is 0 Å². The van der Waals surface area contributed by atoms with Crippen molar-refractivity contribution in [2.45, 2.75) is 80.1 Å². The van der Waals surface area contributed by atoms with Gasteiger partial charge in [-0.2, -0.15) is 17.2 Å². The van der Waals surface area contributed by atoms with Crippen molar-refractivity contribution in [1.29, 1.82) is 0 Å². The number of pyridine rings is 1. The summed E-state index contributed by atoms with van der Waals surface area (Å²) in [6.07, 6.45) is 6.63. The van der Waals surface area contributed by atoms with Gasteiger partial charge >= 0.3 is 21.1 Å². The number of unbranched alkanes of at least 4 members (excludes halogenated alkanes) is 1. The topological polar surface area (TPSA) is 44.9 Å². The van der Waals surface area contributed by atoms with Gasteiger partial charge in [0.05, 0.1) is 5.69 Å². The molecule has 6 heteroatoms. The fourth-order valence-corrected chi connectivity index (χ4v) is 6.96. The molecule has 0 aliphatic rings. The number of hydrogen-bond donors (Lipinski definition) is 0. The monoisotopic (exact) mass is 853 g/mol. The molecule has 3 heterocycles. The van der Waals surface area contributed by atoms with Crippen molar-refractivity contribution in [2.24, 2.45) is 5.41 Å². The summed E-state index contributed by atoms with van der Waals surface area (Å²) in [6.45, 7) is 15.6. The Morgan fingerprint density at radius 2 is 1.59 bits per heavy atom. The summed E-state index contributed by atoms with van der Waals surface area (Å²) < 4.78 is 10.7. The van der Waals surface area contributed by atoms with Gasteiger partial charge in [-0.15, -0.1) is 35.7 Å². The molecule has 0 aliphatic heterocycles. The Balaban J connectivity index is 0.00000448. The van der Waals surface area contributed by atoms with Gasteiger partial charge in [0.25, 0.3) is 0 Å². The van der Waals surface area contributed by atoms with E-state index in [1.165, 1.54) is 35.8 Å². The largest absolute Gasteiger partial charge is 2.00 e. The smallest absolute Gasteiger partial charge is 0.509 e. The molecule has 0 unspecified atom stereocenters. The SMILES string of the molecule is Cc1nn(-c2[c-]c(Oc3[c-]c4c(cc3)c3cc(CCCCC(C)(C)C)ccc3n4-c3cc(C(C)C)ccn3)ccc2)c(C)c1-c1ccccc1.[Pt+2]. The second kappa shape index (κ2) is 15.0. The van der Waals surface area contributed by atoms with Gasteiger partial charge in [-0.25, -0.2) is 4.98 Å². The Bertz CT molecular complexity index is 2290. The number of aryl methyl sites for hydroxylation is 2. The third kappa shape index (κ3) is 7.75. The predicted molar refractivity (Wildman–Crippen MR) is 206 cm³/mol. The summed E-state index contributed by atoms with van der Waals surface area (Å²) in [4.78, 5) is 4.85. The maximum atomic E-state index is 6.49. The van der Waals surface area contributed by atoms with Crippen molar-refractivity contribution < 1.29 is 25.8 Å². The van der Waals surface area contributed by atoms with Gasteiger partial charge in [0.15, 0.2) is 0 Å². The van der Waals surface area contributed by atoms with Crippen LogP contribution in [0.3, 0.4) is 0 Å². The standard InChI is InChI=1S/C45H46N4O.Pt/c1-30(2)35-23-25-46-43(27-35)48-41-22-19-33(14-11-12-24-45(5,6)7)26-40(41)39-21-20-38(29-42(39)48)50-37-18-13-17-36(28-37)49-32(4)44(31(3)47-49)34-15-9-8-10-16-34;/h8-10,13,15-23,25-27,30H,11-12,14,24H2,1-7H3;/q-2;+2. The third-order valence-electron chi connectivity index (χ3n) is 9.58. The van der Waals surface area contributed by atoms with E-state index in [1.54, 1.807) is 0 Å². The van der Waals surface area contributed by atoms with Crippen molar-refractivity contribution in [3.05, 3.63) is 132 Å². The Labute approximate surface area is 317 Å². The quantitative estimate of drug-likeness (QED) is 0.102.